The lowest BCUT2D eigenvalue weighted by Gasteiger charge is -2.27. The van der Waals surface area contributed by atoms with E-state index in [0.29, 0.717) is 16.6 Å². The van der Waals surface area contributed by atoms with Gasteiger partial charge in [-0.2, -0.15) is 5.26 Å². The lowest BCUT2D eigenvalue weighted by molar-refractivity contribution is 0.232. The van der Waals surface area contributed by atoms with Crippen LogP contribution in [0.1, 0.15) is 25.8 Å². The molecule has 0 N–H and O–H groups in total. The zero-order valence-electron chi connectivity index (χ0n) is 11.6. The third kappa shape index (κ3) is 3.02. The number of benzene rings is 1. The summed E-state index contributed by atoms with van der Waals surface area (Å²) in [6.45, 7) is 8.58. The average Bonchev–Trinajstić information content (AvgIpc) is 2.89. The van der Waals surface area contributed by atoms with E-state index < -0.39 is 0 Å². The van der Waals surface area contributed by atoms with Gasteiger partial charge >= 0.3 is 0 Å². The minimum Gasteiger partial charge on any atom is -0.369 e. The van der Waals surface area contributed by atoms with Gasteiger partial charge in [0.2, 0.25) is 0 Å². The van der Waals surface area contributed by atoms with E-state index in [-0.39, 0.29) is 0 Å². The van der Waals surface area contributed by atoms with Crippen molar-refractivity contribution in [3.8, 4) is 6.07 Å². The molecule has 0 amide bonds. The molecule has 0 aliphatic carbocycles. The Labute approximate surface area is 120 Å². The summed E-state index contributed by atoms with van der Waals surface area (Å²) >= 11 is 5.95. The van der Waals surface area contributed by atoms with Crippen LogP contribution in [0.25, 0.3) is 0 Å². The Morgan fingerprint density at radius 2 is 2.16 bits per heavy atom. The highest BCUT2D eigenvalue weighted by Crippen LogP contribution is 2.28. The van der Waals surface area contributed by atoms with Crippen LogP contribution in [0.15, 0.2) is 18.2 Å². The molecule has 102 valence electrons. The Kier molecular flexibility index (Phi) is 4.68. The molecule has 19 heavy (non-hydrogen) atoms. The summed E-state index contributed by atoms with van der Waals surface area (Å²) in [6.07, 6.45) is 1.16. The van der Waals surface area contributed by atoms with Crippen molar-refractivity contribution >= 4 is 17.3 Å². The van der Waals surface area contributed by atoms with Crippen LogP contribution < -0.4 is 4.90 Å². The second-order valence-corrected chi connectivity index (χ2v) is 5.32. The number of hydrogen-bond acceptors (Lipinski definition) is 3. The van der Waals surface area contributed by atoms with Gasteiger partial charge in [-0.05, 0) is 37.7 Å². The third-order valence-electron chi connectivity index (χ3n) is 3.91. The summed E-state index contributed by atoms with van der Waals surface area (Å²) in [5, 5.41) is 9.85. The fraction of sp³-hybridized carbons (Fsp3) is 0.533. The molecule has 3 nitrogen and oxygen atoms in total. The van der Waals surface area contributed by atoms with Gasteiger partial charge in [0.1, 0.15) is 6.07 Å². The highest BCUT2D eigenvalue weighted by Gasteiger charge is 2.27. The number of halogens is 1. The summed E-state index contributed by atoms with van der Waals surface area (Å²) in [7, 11) is 0. The molecule has 0 aromatic heterocycles. The predicted octanol–water partition coefficient (Wildman–Crippen LogP) is 3.13. The van der Waals surface area contributed by atoms with Gasteiger partial charge in [0, 0.05) is 24.2 Å². The number of rotatable bonds is 4. The SMILES string of the molecule is CCN(CC)C1CCN(c2ccc(Cl)cc2C#N)C1. The maximum absolute atomic E-state index is 9.22. The Morgan fingerprint density at radius 1 is 1.42 bits per heavy atom. The summed E-state index contributed by atoms with van der Waals surface area (Å²) < 4.78 is 0. The van der Waals surface area contributed by atoms with Crippen molar-refractivity contribution in [1.82, 2.24) is 4.90 Å². The van der Waals surface area contributed by atoms with E-state index >= 15 is 0 Å². The first-order valence-electron chi connectivity index (χ1n) is 6.88. The van der Waals surface area contributed by atoms with Crippen molar-refractivity contribution < 1.29 is 0 Å². The monoisotopic (exact) mass is 277 g/mol. The molecule has 1 aliphatic heterocycles. The smallest absolute Gasteiger partial charge is 0.101 e. The van der Waals surface area contributed by atoms with Crippen LogP contribution in [0, 0.1) is 11.3 Å². The molecule has 0 bridgehead atoms. The maximum Gasteiger partial charge on any atom is 0.101 e. The fourth-order valence-electron chi connectivity index (χ4n) is 2.87. The van der Waals surface area contributed by atoms with E-state index in [1.165, 1.54) is 0 Å². The van der Waals surface area contributed by atoms with Gasteiger partial charge < -0.3 is 4.90 Å². The first kappa shape index (κ1) is 14.2. The zero-order valence-corrected chi connectivity index (χ0v) is 12.3. The molecule has 1 unspecified atom stereocenters. The van der Waals surface area contributed by atoms with Crippen LogP contribution in [0.2, 0.25) is 5.02 Å². The Hall–Kier alpha value is -1.24. The standard InChI is InChI=1S/C15H20ClN3/c1-3-18(4-2)14-7-8-19(11-14)15-6-5-13(16)9-12(15)10-17/h5-6,9,14H,3-4,7-8,11H2,1-2H3. The quantitative estimate of drug-likeness (QED) is 0.847. The zero-order chi connectivity index (χ0) is 13.8. The molecule has 0 spiro atoms. The number of anilines is 1. The molecule has 1 atom stereocenters. The van der Waals surface area contributed by atoms with Gasteiger partial charge in [0.05, 0.1) is 11.3 Å². The van der Waals surface area contributed by atoms with Crippen molar-refractivity contribution in [2.75, 3.05) is 31.1 Å². The van der Waals surface area contributed by atoms with Crippen LogP contribution in [0.5, 0.6) is 0 Å². The largest absolute Gasteiger partial charge is 0.369 e. The first-order valence-corrected chi connectivity index (χ1v) is 7.26. The minimum atomic E-state index is 0.595. The van der Waals surface area contributed by atoms with Gasteiger partial charge in [0.25, 0.3) is 0 Å². The second-order valence-electron chi connectivity index (χ2n) is 4.88. The molecular weight excluding hydrogens is 258 g/mol. The summed E-state index contributed by atoms with van der Waals surface area (Å²) in [6, 6.07) is 8.42. The molecule has 1 fully saturated rings. The molecule has 1 aromatic carbocycles. The molecule has 1 saturated heterocycles. The first-order chi connectivity index (χ1) is 9.19. The van der Waals surface area contributed by atoms with Gasteiger partial charge in [-0.3, -0.25) is 4.90 Å². The molecule has 2 rings (SSSR count). The number of nitriles is 1. The normalized spacial score (nSPS) is 18.9. The Morgan fingerprint density at radius 3 is 2.79 bits per heavy atom. The fourth-order valence-corrected chi connectivity index (χ4v) is 3.04. The topological polar surface area (TPSA) is 30.3 Å². The van der Waals surface area contributed by atoms with Crippen LogP contribution in [-0.4, -0.2) is 37.1 Å². The van der Waals surface area contributed by atoms with Crippen LogP contribution in [-0.2, 0) is 0 Å². The second kappa shape index (κ2) is 6.27. The van der Waals surface area contributed by atoms with E-state index in [2.05, 4.69) is 29.7 Å². The maximum atomic E-state index is 9.22. The molecule has 1 heterocycles. The van der Waals surface area contributed by atoms with Crippen LogP contribution in [0.4, 0.5) is 5.69 Å². The lowest BCUT2D eigenvalue weighted by atomic mass is 10.2. The van der Waals surface area contributed by atoms with E-state index in [1.54, 1.807) is 6.07 Å². The molecular formula is C15H20ClN3. The van der Waals surface area contributed by atoms with Crippen LogP contribution >= 0.6 is 11.6 Å². The summed E-state index contributed by atoms with van der Waals surface area (Å²) in [5.74, 6) is 0. The van der Waals surface area contributed by atoms with E-state index in [4.69, 9.17) is 11.6 Å². The van der Waals surface area contributed by atoms with E-state index in [1.807, 2.05) is 12.1 Å². The lowest BCUT2D eigenvalue weighted by Crippen LogP contribution is -2.37. The van der Waals surface area contributed by atoms with Crippen molar-refractivity contribution in [1.29, 1.82) is 5.26 Å². The van der Waals surface area contributed by atoms with Gasteiger partial charge in [-0.15, -0.1) is 0 Å². The molecule has 0 saturated carbocycles. The summed E-state index contributed by atoms with van der Waals surface area (Å²) in [4.78, 5) is 4.79. The molecule has 0 radical (unpaired) electrons. The van der Waals surface area contributed by atoms with Crippen molar-refractivity contribution in [3.63, 3.8) is 0 Å². The summed E-state index contributed by atoms with van der Waals surface area (Å²) in [5.41, 5.74) is 1.69. The third-order valence-corrected chi connectivity index (χ3v) is 4.15. The van der Waals surface area contributed by atoms with Crippen molar-refractivity contribution in [3.05, 3.63) is 28.8 Å². The molecule has 1 aromatic rings. The number of hydrogen-bond donors (Lipinski definition) is 0. The number of nitrogens with zero attached hydrogens (tertiary/aromatic N) is 3. The highest BCUT2D eigenvalue weighted by atomic mass is 35.5. The average molecular weight is 278 g/mol. The molecule has 1 aliphatic rings. The Bertz CT molecular complexity index is 477. The van der Waals surface area contributed by atoms with E-state index in [0.717, 1.165) is 38.3 Å². The molecule has 4 heteroatoms. The van der Waals surface area contributed by atoms with Gasteiger partial charge in [-0.25, -0.2) is 0 Å². The van der Waals surface area contributed by atoms with Crippen LogP contribution in [0.3, 0.4) is 0 Å². The van der Waals surface area contributed by atoms with Gasteiger partial charge in [0.15, 0.2) is 0 Å². The van der Waals surface area contributed by atoms with Crippen molar-refractivity contribution in [2.24, 2.45) is 0 Å². The number of likely N-dealkylation sites (N-methyl/N-ethyl adjacent to an activating group) is 1. The predicted molar refractivity (Wildman–Crippen MR) is 79.7 cm³/mol. The van der Waals surface area contributed by atoms with Crippen molar-refractivity contribution in [2.45, 2.75) is 26.3 Å². The van der Waals surface area contributed by atoms with Gasteiger partial charge in [-0.1, -0.05) is 25.4 Å². The van der Waals surface area contributed by atoms with E-state index in [9.17, 15) is 5.26 Å². The minimum absolute atomic E-state index is 0.595. The Balaban J connectivity index is 2.15. The highest BCUT2D eigenvalue weighted by molar-refractivity contribution is 6.30.